The van der Waals surface area contributed by atoms with Crippen LogP contribution in [0.4, 0.5) is 0 Å². The van der Waals surface area contributed by atoms with Gasteiger partial charge < -0.3 is 4.90 Å². The third-order valence-corrected chi connectivity index (χ3v) is 9.36. The number of hydrogen-bond acceptors (Lipinski definition) is 4. The van der Waals surface area contributed by atoms with Gasteiger partial charge in [-0.3, -0.25) is 4.79 Å². The van der Waals surface area contributed by atoms with E-state index >= 15 is 0 Å². The molecule has 5 nitrogen and oxygen atoms in total. The van der Waals surface area contributed by atoms with E-state index in [1.807, 2.05) is 54.3 Å². The molecule has 1 atom stereocenters. The van der Waals surface area contributed by atoms with Crippen LogP contribution >= 0.6 is 11.3 Å². The lowest BCUT2D eigenvalue weighted by Gasteiger charge is -2.37. The average Bonchev–Trinajstić information content (AvgIpc) is 3.26. The fourth-order valence-corrected chi connectivity index (χ4v) is 7.59. The number of nitrogens with zero attached hydrogens (tertiary/aromatic N) is 2. The maximum atomic E-state index is 13.7. The predicted octanol–water partition coefficient (Wildman–Crippen LogP) is 5.02. The number of rotatable bonds is 7. The molecule has 0 saturated heterocycles. The summed E-state index contributed by atoms with van der Waals surface area (Å²) in [5, 5.41) is 2.06. The molecular formula is C27H30N2O3S2. The Bertz CT molecular complexity index is 1290. The number of thiophene rings is 1. The highest BCUT2D eigenvalue weighted by atomic mass is 32.2. The Morgan fingerprint density at radius 2 is 1.82 bits per heavy atom. The normalized spacial score (nSPS) is 15.9. The third kappa shape index (κ3) is 4.60. The molecule has 0 spiro atoms. The lowest BCUT2D eigenvalue weighted by atomic mass is 9.93. The maximum absolute atomic E-state index is 13.7. The number of sulfonamides is 1. The largest absolute Gasteiger partial charge is 0.330 e. The van der Waals surface area contributed by atoms with Crippen LogP contribution in [0.5, 0.6) is 0 Å². The van der Waals surface area contributed by atoms with Crippen LogP contribution in [0.3, 0.4) is 0 Å². The summed E-state index contributed by atoms with van der Waals surface area (Å²) in [5.41, 5.74) is 4.52. The van der Waals surface area contributed by atoms with E-state index in [9.17, 15) is 13.2 Å². The number of benzene rings is 2. The Hall–Kier alpha value is -2.74. The van der Waals surface area contributed by atoms with E-state index in [0.717, 1.165) is 23.1 Å². The summed E-state index contributed by atoms with van der Waals surface area (Å²) < 4.78 is 28.7. The van der Waals surface area contributed by atoms with E-state index in [2.05, 4.69) is 18.0 Å². The molecule has 4 rings (SSSR count). The quantitative estimate of drug-likeness (QED) is 0.433. The van der Waals surface area contributed by atoms with Gasteiger partial charge in [0.05, 0.1) is 17.5 Å². The van der Waals surface area contributed by atoms with Crippen molar-refractivity contribution in [2.75, 3.05) is 19.6 Å². The van der Waals surface area contributed by atoms with Crippen LogP contribution in [0.1, 0.15) is 38.7 Å². The molecule has 1 amide bonds. The summed E-state index contributed by atoms with van der Waals surface area (Å²) in [4.78, 5) is 17.1. The zero-order valence-corrected chi connectivity index (χ0v) is 21.5. The Labute approximate surface area is 206 Å². The minimum atomic E-state index is -3.89. The van der Waals surface area contributed by atoms with Gasteiger partial charge in [-0.05, 0) is 60.9 Å². The number of amides is 1. The smallest absolute Gasteiger partial charge is 0.244 e. The zero-order chi connectivity index (χ0) is 24.5. The van der Waals surface area contributed by atoms with Crippen molar-refractivity contribution < 1.29 is 13.2 Å². The van der Waals surface area contributed by atoms with Gasteiger partial charge in [-0.15, -0.1) is 17.9 Å². The summed E-state index contributed by atoms with van der Waals surface area (Å²) in [7, 11) is -3.89. The van der Waals surface area contributed by atoms with Gasteiger partial charge in [-0.2, -0.15) is 4.31 Å². The van der Waals surface area contributed by atoms with Crippen LogP contribution in [0, 0.1) is 20.8 Å². The van der Waals surface area contributed by atoms with Crippen LogP contribution in [0.15, 0.2) is 71.5 Å². The molecule has 0 fully saturated rings. The molecule has 0 radical (unpaired) electrons. The summed E-state index contributed by atoms with van der Waals surface area (Å²) in [6.07, 6.45) is 2.30. The highest BCUT2D eigenvalue weighted by Gasteiger charge is 2.36. The van der Waals surface area contributed by atoms with E-state index in [1.165, 1.54) is 15.3 Å². The van der Waals surface area contributed by atoms with Crippen molar-refractivity contribution >= 4 is 27.3 Å². The summed E-state index contributed by atoms with van der Waals surface area (Å²) in [6, 6.07) is 15.5. The second-order valence-electron chi connectivity index (χ2n) is 8.76. The maximum Gasteiger partial charge on any atom is 0.244 e. The van der Waals surface area contributed by atoms with E-state index in [4.69, 9.17) is 0 Å². The first-order valence-electron chi connectivity index (χ1n) is 11.3. The van der Waals surface area contributed by atoms with Gasteiger partial charge in [-0.25, -0.2) is 8.42 Å². The topological polar surface area (TPSA) is 57.7 Å². The Morgan fingerprint density at radius 3 is 2.47 bits per heavy atom. The van der Waals surface area contributed by atoms with Gasteiger partial charge in [0.2, 0.25) is 15.9 Å². The molecule has 0 bridgehead atoms. The monoisotopic (exact) mass is 494 g/mol. The molecule has 1 unspecified atom stereocenters. The van der Waals surface area contributed by atoms with Crippen LogP contribution in [0.2, 0.25) is 0 Å². The molecule has 2 aromatic carbocycles. The first kappa shape index (κ1) is 24.4. The van der Waals surface area contributed by atoms with Crippen molar-refractivity contribution in [3.8, 4) is 0 Å². The SMILES string of the molecule is C=CCN(CC(=O)N1CCc2sccc2C1c1ccccc1)S(=O)(=O)c1c(C)cc(C)cc1C. The number of aryl methyl sites for hydroxylation is 3. The zero-order valence-electron chi connectivity index (χ0n) is 19.8. The van der Waals surface area contributed by atoms with Crippen molar-refractivity contribution in [1.82, 2.24) is 9.21 Å². The fraction of sp³-hybridized carbons (Fsp3) is 0.296. The van der Waals surface area contributed by atoms with E-state index < -0.39 is 10.0 Å². The number of fused-ring (bicyclic) bond motifs is 1. The van der Waals surface area contributed by atoms with E-state index in [1.54, 1.807) is 25.2 Å². The first-order chi connectivity index (χ1) is 16.2. The van der Waals surface area contributed by atoms with Gasteiger partial charge in [0.15, 0.2) is 0 Å². The molecule has 1 aliphatic rings. The second-order valence-corrected chi connectivity index (χ2v) is 11.6. The average molecular weight is 495 g/mol. The lowest BCUT2D eigenvalue weighted by Crippen LogP contribution is -2.47. The van der Waals surface area contributed by atoms with Gasteiger partial charge in [0, 0.05) is 18.0 Å². The molecule has 0 N–H and O–H groups in total. The van der Waals surface area contributed by atoms with Gasteiger partial charge in [0.25, 0.3) is 0 Å². The Balaban J connectivity index is 1.68. The summed E-state index contributed by atoms with van der Waals surface area (Å²) in [6.45, 7) is 9.67. The van der Waals surface area contributed by atoms with Gasteiger partial charge in [-0.1, -0.05) is 54.1 Å². The van der Waals surface area contributed by atoms with Crippen molar-refractivity contribution in [3.63, 3.8) is 0 Å². The lowest BCUT2D eigenvalue weighted by molar-refractivity contribution is -0.133. The molecule has 0 aliphatic carbocycles. The van der Waals surface area contributed by atoms with Crippen LogP contribution in [-0.2, 0) is 21.2 Å². The standard InChI is InChI=1S/C27H30N2O3S2/c1-5-13-28(34(31,32)27-20(3)16-19(2)17-21(27)4)18-25(30)29-14-11-24-23(12-15-33-24)26(29)22-9-7-6-8-10-22/h5-10,12,15-17,26H,1,11,13-14,18H2,2-4H3. The van der Waals surface area contributed by atoms with Gasteiger partial charge in [0.1, 0.15) is 0 Å². The Kier molecular flexibility index (Phi) is 7.07. The molecule has 1 aromatic heterocycles. The highest BCUT2D eigenvalue weighted by Crippen LogP contribution is 2.38. The molecule has 34 heavy (non-hydrogen) atoms. The predicted molar refractivity (Wildman–Crippen MR) is 138 cm³/mol. The molecule has 3 aromatic rings. The molecule has 0 saturated carbocycles. The van der Waals surface area contributed by atoms with Crippen LogP contribution in [-0.4, -0.2) is 43.2 Å². The Morgan fingerprint density at radius 1 is 1.15 bits per heavy atom. The number of carbonyl (C=O) groups is 1. The van der Waals surface area contributed by atoms with E-state index in [0.29, 0.717) is 17.7 Å². The molecule has 2 heterocycles. The number of hydrogen-bond donors (Lipinski definition) is 0. The summed E-state index contributed by atoms with van der Waals surface area (Å²) >= 11 is 1.71. The minimum absolute atomic E-state index is 0.0639. The number of carbonyl (C=O) groups excluding carboxylic acids is 1. The van der Waals surface area contributed by atoms with Gasteiger partial charge >= 0.3 is 0 Å². The molecular weight excluding hydrogens is 464 g/mol. The fourth-order valence-electron chi connectivity index (χ4n) is 4.92. The van der Waals surface area contributed by atoms with Crippen LogP contribution < -0.4 is 0 Å². The molecule has 7 heteroatoms. The van der Waals surface area contributed by atoms with Crippen LogP contribution in [0.25, 0.3) is 0 Å². The van der Waals surface area contributed by atoms with Crippen molar-refractivity contribution in [2.24, 2.45) is 0 Å². The van der Waals surface area contributed by atoms with Crippen molar-refractivity contribution in [2.45, 2.75) is 38.1 Å². The van der Waals surface area contributed by atoms with E-state index in [-0.39, 0.29) is 29.9 Å². The van der Waals surface area contributed by atoms with Crippen molar-refractivity contribution in [3.05, 3.63) is 99.3 Å². The molecule has 178 valence electrons. The highest BCUT2D eigenvalue weighted by molar-refractivity contribution is 7.89. The first-order valence-corrected chi connectivity index (χ1v) is 13.7. The molecule has 1 aliphatic heterocycles. The third-order valence-electron chi connectivity index (χ3n) is 6.25. The summed E-state index contributed by atoms with van der Waals surface area (Å²) in [5.74, 6) is -0.210. The minimum Gasteiger partial charge on any atom is -0.330 e. The van der Waals surface area contributed by atoms with Crippen molar-refractivity contribution in [1.29, 1.82) is 0 Å². The second kappa shape index (κ2) is 9.86.